The molecule has 0 radical (unpaired) electrons. The Morgan fingerprint density at radius 3 is 2.07 bits per heavy atom. The zero-order valence-corrected chi connectivity index (χ0v) is 10.5. The molecule has 1 rings (SSSR count). The van der Waals surface area contributed by atoms with Crippen LogP contribution in [-0.2, 0) is 0 Å². The fourth-order valence-corrected chi connectivity index (χ4v) is 3.12. The second-order valence-electron chi connectivity index (χ2n) is 2.89. The molecule has 1 aromatic rings. The predicted octanol–water partition coefficient (Wildman–Crippen LogP) is 4.49. The maximum Gasteiger partial charge on any atom is 0.0433 e. The molecular formula is C12H16S2. The van der Waals surface area contributed by atoms with Crippen molar-refractivity contribution in [3.05, 3.63) is 40.1 Å². The van der Waals surface area contributed by atoms with Gasteiger partial charge < -0.3 is 0 Å². The molecule has 0 saturated heterocycles. The molecule has 0 spiro atoms. The van der Waals surface area contributed by atoms with Gasteiger partial charge in [0.15, 0.2) is 0 Å². The topological polar surface area (TPSA) is 0 Å². The van der Waals surface area contributed by atoms with Crippen LogP contribution in [0.1, 0.15) is 18.9 Å². The van der Waals surface area contributed by atoms with Crippen molar-refractivity contribution >= 4 is 29.1 Å². The lowest BCUT2D eigenvalue weighted by Gasteiger charge is -2.10. The third kappa shape index (κ3) is 2.82. The summed E-state index contributed by atoms with van der Waals surface area (Å²) in [5, 5.41) is 0. The zero-order valence-electron chi connectivity index (χ0n) is 8.91. The molecule has 0 aliphatic rings. The molecule has 0 atom stereocenters. The second-order valence-corrected chi connectivity index (χ2v) is 4.79. The van der Waals surface area contributed by atoms with E-state index in [1.165, 1.54) is 15.4 Å². The van der Waals surface area contributed by atoms with Crippen LogP contribution in [0.3, 0.4) is 0 Å². The molecule has 0 unspecified atom stereocenters. The van der Waals surface area contributed by atoms with Crippen molar-refractivity contribution in [2.75, 3.05) is 12.5 Å². The molecule has 0 N–H and O–H groups in total. The van der Waals surface area contributed by atoms with Crippen molar-refractivity contribution in [1.82, 2.24) is 0 Å². The van der Waals surface area contributed by atoms with E-state index >= 15 is 0 Å². The van der Waals surface area contributed by atoms with Crippen LogP contribution in [-0.4, -0.2) is 12.5 Å². The van der Waals surface area contributed by atoms with E-state index in [9.17, 15) is 0 Å². The van der Waals surface area contributed by atoms with Gasteiger partial charge in [0.1, 0.15) is 0 Å². The molecule has 0 aliphatic carbocycles. The van der Waals surface area contributed by atoms with E-state index < -0.39 is 0 Å². The van der Waals surface area contributed by atoms with Gasteiger partial charge in [-0.2, -0.15) is 0 Å². The van der Waals surface area contributed by atoms with Gasteiger partial charge in [0, 0.05) is 4.24 Å². The number of thioether (sulfide) groups is 2. The van der Waals surface area contributed by atoms with Gasteiger partial charge in [-0.25, -0.2) is 0 Å². The Morgan fingerprint density at radius 1 is 1.07 bits per heavy atom. The van der Waals surface area contributed by atoms with Crippen LogP contribution in [0, 0.1) is 0 Å². The highest BCUT2D eigenvalue weighted by atomic mass is 32.2. The van der Waals surface area contributed by atoms with E-state index in [1.54, 1.807) is 0 Å². The molecule has 0 nitrogen and oxygen atoms in total. The summed E-state index contributed by atoms with van der Waals surface area (Å²) in [5.41, 5.74) is 2.82. The Morgan fingerprint density at radius 2 is 1.64 bits per heavy atom. The van der Waals surface area contributed by atoms with Crippen molar-refractivity contribution in [2.45, 2.75) is 13.3 Å². The molecule has 0 aromatic heterocycles. The molecule has 0 aliphatic heterocycles. The Labute approximate surface area is 95.2 Å². The van der Waals surface area contributed by atoms with Crippen LogP contribution in [0.4, 0.5) is 0 Å². The summed E-state index contributed by atoms with van der Waals surface area (Å²) in [6, 6.07) is 10.6. The fourth-order valence-electron chi connectivity index (χ4n) is 1.44. The molecule has 76 valence electrons. The van der Waals surface area contributed by atoms with Gasteiger partial charge in [-0.1, -0.05) is 37.3 Å². The summed E-state index contributed by atoms with van der Waals surface area (Å²) in [7, 11) is 0. The van der Waals surface area contributed by atoms with Crippen molar-refractivity contribution in [3.8, 4) is 0 Å². The Kier molecular flexibility index (Phi) is 5.20. The van der Waals surface area contributed by atoms with E-state index in [4.69, 9.17) is 0 Å². The summed E-state index contributed by atoms with van der Waals surface area (Å²) in [4.78, 5) is 0. The quantitative estimate of drug-likeness (QED) is 0.739. The number of hydrogen-bond acceptors (Lipinski definition) is 2. The third-order valence-electron chi connectivity index (χ3n) is 2.09. The maximum atomic E-state index is 2.22. The minimum Gasteiger partial charge on any atom is -0.122 e. The minimum absolute atomic E-state index is 1.10. The van der Waals surface area contributed by atoms with E-state index in [-0.39, 0.29) is 0 Å². The highest BCUT2D eigenvalue weighted by molar-refractivity contribution is 8.21. The van der Waals surface area contributed by atoms with E-state index in [0.717, 1.165) is 6.42 Å². The Balaban J connectivity index is 3.09. The van der Waals surface area contributed by atoms with Crippen LogP contribution in [0.25, 0.3) is 5.57 Å². The minimum atomic E-state index is 1.10. The summed E-state index contributed by atoms with van der Waals surface area (Å²) in [5.74, 6) is 0. The standard InChI is InChI=1S/C12H16S2/c1-4-11(12(13-2)14-3)10-8-6-5-7-9-10/h5-9H,4H2,1-3H3. The number of rotatable bonds is 4. The van der Waals surface area contributed by atoms with Crippen molar-refractivity contribution in [2.24, 2.45) is 0 Å². The third-order valence-corrected chi connectivity index (χ3v) is 4.33. The van der Waals surface area contributed by atoms with Crippen LogP contribution in [0.5, 0.6) is 0 Å². The second kappa shape index (κ2) is 6.20. The molecule has 0 saturated carbocycles. The van der Waals surface area contributed by atoms with Gasteiger partial charge in [0.2, 0.25) is 0 Å². The van der Waals surface area contributed by atoms with Crippen molar-refractivity contribution < 1.29 is 0 Å². The van der Waals surface area contributed by atoms with Gasteiger partial charge in [-0.15, -0.1) is 23.5 Å². The summed E-state index contributed by atoms with van der Waals surface area (Å²) in [6.45, 7) is 2.22. The highest BCUT2D eigenvalue weighted by Crippen LogP contribution is 2.34. The van der Waals surface area contributed by atoms with E-state index in [2.05, 4.69) is 49.8 Å². The lowest BCUT2D eigenvalue weighted by molar-refractivity contribution is 1.24. The lowest BCUT2D eigenvalue weighted by Crippen LogP contribution is -1.85. The van der Waals surface area contributed by atoms with Crippen molar-refractivity contribution in [1.29, 1.82) is 0 Å². The van der Waals surface area contributed by atoms with Gasteiger partial charge in [0.25, 0.3) is 0 Å². The smallest absolute Gasteiger partial charge is 0.0433 e. The SMILES string of the molecule is CCC(=C(SC)SC)c1ccccc1. The summed E-state index contributed by atoms with van der Waals surface area (Å²) < 4.78 is 1.43. The molecule has 0 fully saturated rings. The zero-order chi connectivity index (χ0) is 10.4. The fraction of sp³-hybridized carbons (Fsp3) is 0.333. The van der Waals surface area contributed by atoms with Gasteiger partial charge in [0.05, 0.1) is 0 Å². The van der Waals surface area contributed by atoms with Crippen LogP contribution >= 0.6 is 23.5 Å². The van der Waals surface area contributed by atoms with Crippen LogP contribution < -0.4 is 0 Å². The Hall–Kier alpha value is -0.340. The summed E-state index contributed by atoms with van der Waals surface area (Å²) in [6.07, 6.45) is 5.38. The van der Waals surface area contributed by atoms with Gasteiger partial charge in [-0.3, -0.25) is 0 Å². The van der Waals surface area contributed by atoms with Gasteiger partial charge >= 0.3 is 0 Å². The molecule has 0 heterocycles. The van der Waals surface area contributed by atoms with E-state index in [0.29, 0.717) is 0 Å². The molecule has 14 heavy (non-hydrogen) atoms. The normalized spacial score (nSPS) is 9.93. The largest absolute Gasteiger partial charge is 0.122 e. The van der Waals surface area contributed by atoms with Crippen LogP contribution in [0.15, 0.2) is 34.6 Å². The molecule has 1 aromatic carbocycles. The average Bonchev–Trinajstić information content (AvgIpc) is 2.27. The maximum absolute atomic E-state index is 2.22. The molecule has 2 heteroatoms. The number of benzene rings is 1. The monoisotopic (exact) mass is 224 g/mol. The van der Waals surface area contributed by atoms with Crippen LogP contribution in [0.2, 0.25) is 0 Å². The first kappa shape index (κ1) is 11.7. The molecular weight excluding hydrogens is 208 g/mol. The average molecular weight is 224 g/mol. The molecule has 0 bridgehead atoms. The highest BCUT2D eigenvalue weighted by Gasteiger charge is 2.05. The van der Waals surface area contributed by atoms with Crippen molar-refractivity contribution in [3.63, 3.8) is 0 Å². The number of hydrogen-bond donors (Lipinski definition) is 0. The summed E-state index contributed by atoms with van der Waals surface area (Å²) >= 11 is 3.68. The van der Waals surface area contributed by atoms with Gasteiger partial charge in [-0.05, 0) is 30.1 Å². The first-order chi connectivity index (χ1) is 6.83. The predicted molar refractivity (Wildman–Crippen MR) is 70.7 cm³/mol. The lowest BCUT2D eigenvalue weighted by atomic mass is 10.1. The first-order valence-corrected chi connectivity index (χ1v) is 7.15. The Bertz CT molecular complexity index is 295. The van der Waals surface area contributed by atoms with E-state index in [1.807, 2.05) is 23.5 Å². The molecule has 0 amide bonds. The number of allylic oxidation sites excluding steroid dienone is 1. The first-order valence-electron chi connectivity index (χ1n) is 4.70.